The Morgan fingerprint density at radius 3 is 2.55 bits per heavy atom. The highest BCUT2D eigenvalue weighted by molar-refractivity contribution is 5.09. The topological polar surface area (TPSA) is 32.3 Å². The summed E-state index contributed by atoms with van der Waals surface area (Å²) in [6.45, 7) is 4.76. The van der Waals surface area contributed by atoms with Crippen LogP contribution in [0, 0.1) is 5.92 Å². The minimum Gasteiger partial charge on any atom is -0.302 e. The van der Waals surface area contributed by atoms with Gasteiger partial charge >= 0.3 is 0 Å². The van der Waals surface area contributed by atoms with Gasteiger partial charge in [0.25, 0.3) is 0 Å². The smallest absolute Gasteiger partial charge is 0.131 e. The van der Waals surface area contributed by atoms with Crippen molar-refractivity contribution < 1.29 is 0 Å². The number of nitrogens with zero attached hydrogens (tertiary/aromatic N) is 4. The van der Waals surface area contributed by atoms with E-state index in [2.05, 4.69) is 39.2 Å². The molecule has 4 nitrogen and oxygen atoms in total. The lowest BCUT2D eigenvalue weighted by Crippen LogP contribution is -2.31. The van der Waals surface area contributed by atoms with E-state index < -0.39 is 0 Å². The van der Waals surface area contributed by atoms with Gasteiger partial charge in [-0.1, -0.05) is 19.3 Å². The summed E-state index contributed by atoms with van der Waals surface area (Å²) in [6, 6.07) is 0.780. The van der Waals surface area contributed by atoms with Crippen molar-refractivity contribution in [3.63, 3.8) is 0 Å². The molecule has 0 radical (unpaired) electrons. The molecular formula is C18H28N4. The molecule has 1 saturated carbocycles. The normalized spacial score (nSPS) is 30.8. The molecule has 2 saturated heterocycles. The number of hydrogen-bond acceptors (Lipinski definition) is 4. The standard InChI is InChI=1S/C18H28N4/c1-21-8-7-16-12-22(13-17(16)21)11-14-9-19-18(20-10-14)15-5-3-2-4-6-15/h9-10,15-17H,2-8,11-13H2,1H3/t16-,17+/m1/s1. The Kier molecular flexibility index (Phi) is 4.14. The van der Waals surface area contributed by atoms with E-state index in [9.17, 15) is 0 Å². The maximum Gasteiger partial charge on any atom is 0.131 e. The van der Waals surface area contributed by atoms with Gasteiger partial charge in [0, 0.05) is 49.6 Å². The zero-order valence-corrected chi connectivity index (χ0v) is 13.7. The number of rotatable bonds is 3. The van der Waals surface area contributed by atoms with Crippen LogP contribution in [-0.4, -0.2) is 52.5 Å². The van der Waals surface area contributed by atoms with Crippen molar-refractivity contribution in [3.8, 4) is 0 Å². The fourth-order valence-corrected chi connectivity index (χ4v) is 4.67. The van der Waals surface area contributed by atoms with Crippen molar-refractivity contribution in [1.29, 1.82) is 0 Å². The lowest BCUT2D eigenvalue weighted by molar-refractivity contribution is 0.255. The van der Waals surface area contributed by atoms with E-state index in [-0.39, 0.29) is 0 Å². The molecule has 4 rings (SSSR count). The molecule has 0 N–H and O–H groups in total. The van der Waals surface area contributed by atoms with Crippen LogP contribution >= 0.6 is 0 Å². The quantitative estimate of drug-likeness (QED) is 0.859. The van der Waals surface area contributed by atoms with Gasteiger partial charge in [0.1, 0.15) is 5.82 Å². The van der Waals surface area contributed by atoms with Gasteiger partial charge in [0.2, 0.25) is 0 Å². The molecule has 22 heavy (non-hydrogen) atoms. The van der Waals surface area contributed by atoms with Crippen LogP contribution in [0.15, 0.2) is 12.4 Å². The molecule has 2 atom stereocenters. The highest BCUT2D eigenvalue weighted by Gasteiger charge is 2.39. The highest BCUT2D eigenvalue weighted by atomic mass is 15.3. The summed E-state index contributed by atoms with van der Waals surface area (Å²) >= 11 is 0. The van der Waals surface area contributed by atoms with Gasteiger partial charge in [-0.3, -0.25) is 4.90 Å². The lowest BCUT2D eigenvalue weighted by atomic mass is 9.89. The maximum absolute atomic E-state index is 4.68. The van der Waals surface area contributed by atoms with E-state index in [1.807, 2.05) is 0 Å². The van der Waals surface area contributed by atoms with Crippen LogP contribution < -0.4 is 0 Å². The van der Waals surface area contributed by atoms with Gasteiger partial charge in [-0.2, -0.15) is 0 Å². The third-order valence-corrected chi connectivity index (χ3v) is 6.00. The molecule has 0 unspecified atom stereocenters. The molecule has 0 aromatic carbocycles. The van der Waals surface area contributed by atoms with Gasteiger partial charge in [-0.25, -0.2) is 9.97 Å². The van der Waals surface area contributed by atoms with E-state index in [1.54, 1.807) is 0 Å². The molecule has 1 aliphatic carbocycles. The molecule has 3 aliphatic rings. The maximum atomic E-state index is 4.68. The Balaban J connectivity index is 1.35. The average molecular weight is 300 g/mol. The van der Waals surface area contributed by atoms with Gasteiger partial charge in [0.15, 0.2) is 0 Å². The summed E-state index contributed by atoms with van der Waals surface area (Å²) < 4.78 is 0. The first kappa shape index (κ1) is 14.6. The average Bonchev–Trinajstić information content (AvgIpc) is 3.11. The Bertz CT molecular complexity index is 494. The number of hydrogen-bond donors (Lipinski definition) is 0. The zero-order valence-electron chi connectivity index (χ0n) is 13.7. The lowest BCUT2D eigenvalue weighted by Gasteiger charge is -2.21. The van der Waals surface area contributed by atoms with E-state index >= 15 is 0 Å². The Morgan fingerprint density at radius 2 is 1.82 bits per heavy atom. The van der Waals surface area contributed by atoms with Crippen molar-refractivity contribution in [2.75, 3.05) is 26.7 Å². The predicted molar refractivity (Wildman–Crippen MR) is 87.7 cm³/mol. The Morgan fingerprint density at radius 1 is 1.05 bits per heavy atom. The molecule has 0 spiro atoms. The van der Waals surface area contributed by atoms with Crippen LogP contribution in [0.4, 0.5) is 0 Å². The van der Waals surface area contributed by atoms with E-state index in [0.29, 0.717) is 5.92 Å². The summed E-state index contributed by atoms with van der Waals surface area (Å²) in [5.74, 6) is 2.58. The van der Waals surface area contributed by atoms with Crippen molar-refractivity contribution in [3.05, 3.63) is 23.8 Å². The second-order valence-electron chi connectivity index (χ2n) is 7.58. The minimum absolute atomic E-state index is 0.614. The molecule has 3 fully saturated rings. The molecule has 1 aromatic rings. The van der Waals surface area contributed by atoms with Crippen molar-refractivity contribution in [2.45, 2.75) is 57.0 Å². The van der Waals surface area contributed by atoms with Crippen LogP contribution in [-0.2, 0) is 6.54 Å². The SMILES string of the molecule is CN1CC[C@@H]2CN(Cc3cnc(C4CCCCC4)nc3)C[C@@H]21. The Labute approximate surface area is 133 Å². The van der Waals surface area contributed by atoms with Crippen molar-refractivity contribution in [2.24, 2.45) is 5.92 Å². The second-order valence-corrected chi connectivity index (χ2v) is 7.58. The van der Waals surface area contributed by atoms with E-state index in [1.165, 1.54) is 63.7 Å². The van der Waals surface area contributed by atoms with Crippen LogP contribution in [0.25, 0.3) is 0 Å². The molecule has 120 valence electrons. The molecular weight excluding hydrogens is 272 g/mol. The number of likely N-dealkylation sites (N-methyl/N-ethyl adjacent to an activating group) is 1. The predicted octanol–water partition coefficient (Wildman–Crippen LogP) is 2.66. The third kappa shape index (κ3) is 2.91. The van der Waals surface area contributed by atoms with E-state index in [4.69, 9.17) is 0 Å². The fourth-order valence-electron chi connectivity index (χ4n) is 4.67. The van der Waals surface area contributed by atoms with Gasteiger partial charge < -0.3 is 4.90 Å². The van der Waals surface area contributed by atoms with Crippen LogP contribution in [0.5, 0.6) is 0 Å². The summed E-state index contributed by atoms with van der Waals surface area (Å²) in [5, 5.41) is 0. The van der Waals surface area contributed by atoms with Crippen LogP contribution in [0.3, 0.4) is 0 Å². The number of fused-ring (bicyclic) bond motifs is 1. The second kappa shape index (κ2) is 6.25. The monoisotopic (exact) mass is 300 g/mol. The zero-order chi connectivity index (χ0) is 14.9. The first-order valence-electron chi connectivity index (χ1n) is 9.03. The summed E-state index contributed by atoms with van der Waals surface area (Å²) in [6.07, 6.45) is 12.2. The number of likely N-dealkylation sites (tertiary alicyclic amines) is 2. The minimum atomic E-state index is 0.614. The molecule has 1 aromatic heterocycles. The molecule has 3 heterocycles. The molecule has 4 heteroatoms. The summed E-state index contributed by atoms with van der Waals surface area (Å²) in [5.41, 5.74) is 1.28. The molecule has 0 bridgehead atoms. The summed E-state index contributed by atoms with van der Waals surface area (Å²) in [7, 11) is 2.27. The number of aromatic nitrogens is 2. The van der Waals surface area contributed by atoms with Gasteiger partial charge in [-0.05, 0) is 38.8 Å². The third-order valence-electron chi connectivity index (χ3n) is 6.00. The fraction of sp³-hybridized carbons (Fsp3) is 0.778. The Hall–Kier alpha value is -1.00. The van der Waals surface area contributed by atoms with Crippen molar-refractivity contribution >= 4 is 0 Å². The molecule has 0 amide bonds. The van der Waals surface area contributed by atoms with Gasteiger partial charge in [0.05, 0.1) is 0 Å². The molecule has 2 aliphatic heterocycles. The first-order chi connectivity index (χ1) is 10.8. The van der Waals surface area contributed by atoms with E-state index in [0.717, 1.165) is 24.3 Å². The highest BCUT2D eigenvalue weighted by Crippen LogP contribution is 2.32. The first-order valence-corrected chi connectivity index (χ1v) is 9.03. The summed E-state index contributed by atoms with van der Waals surface area (Å²) in [4.78, 5) is 14.5. The van der Waals surface area contributed by atoms with Gasteiger partial charge in [-0.15, -0.1) is 0 Å². The largest absolute Gasteiger partial charge is 0.302 e. The van der Waals surface area contributed by atoms with Crippen LogP contribution in [0.2, 0.25) is 0 Å². The van der Waals surface area contributed by atoms with Crippen LogP contribution in [0.1, 0.15) is 55.8 Å². The van der Waals surface area contributed by atoms with Crippen molar-refractivity contribution in [1.82, 2.24) is 19.8 Å².